The van der Waals surface area contributed by atoms with Gasteiger partial charge in [0.2, 0.25) is 0 Å². The molecule has 3 aliphatic rings. The van der Waals surface area contributed by atoms with Crippen molar-refractivity contribution in [3.05, 3.63) is 65.1 Å². The molecule has 0 amide bonds. The number of hydrogen-bond acceptors (Lipinski definition) is 7. The summed E-state index contributed by atoms with van der Waals surface area (Å²) < 4.78 is 23.5. The van der Waals surface area contributed by atoms with Crippen LogP contribution in [-0.4, -0.2) is 55.1 Å². The second kappa shape index (κ2) is 8.95. The molecule has 36 heavy (non-hydrogen) atoms. The number of aryl methyl sites for hydroxylation is 2. The number of benzene rings is 1. The molecule has 0 radical (unpaired) electrons. The molecule has 3 saturated heterocycles. The summed E-state index contributed by atoms with van der Waals surface area (Å²) in [5.74, 6) is 1.93. The Morgan fingerprint density at radius 2 is 1.94 bits per heavy atom. The monoisotopic (exact) mass is 483 g/mol. The highest BCUT2D eigenvalue weighted by molar-refractivity contribution is 5.79. The number of hydrogen-bond donors (Lipinski definition) is 0. The van der Waals surface area contributed by atoms with Gasteiger partial charge in [-0.3, -0.25) is 9.88 Å². The van der Waals surface area contributed by atoms with Crippen LogP contribution in [0.25, 0.3) is 22.6 Å². The number of fused-ring (bicyclic) bond motifs is 4. The summed E-state index contributed by atoms with van der Waals surface area (Å²) in [5, 5.41) is 9.34. The van der Waals surface area contributed by atoms with Crippen molar-refractivity contribution >= 4 is 11.2 Å². The Morgan fingerprint density at radius 1 is 1.11 bits per heavy atom. The van der Waals surface area contributed by atoms with Gasteiger partial charge in [-0.05, 0) is 57.8 Å². The fourth-order valence-corrected chi connectivity index (χ4v) is 5.39. The van der Waals surface area contributed by atoms with E-state index in [-0.39, 0.29) is 18.5 Å². The summed E-state index contributed by atoms with van der Waals surface area (Å²) in [6, 6.07) is 8.94. The molecule has 7 rings (SSSR count). The first-order valence-electron chi connectivity index (χ1n) is 12.2. The molecule has 3 aliphatic heterocycles. The van der Waals surface area contributed by atoms with Crippen molar-refractivity contribution in [1.82, 2.24) is 29.4 Å². The molecule has 0 unspecified atom stereocenters. The van der Waals surface area contributed by atoms with E-state index >= 15 is 4.39 Å². The minimum atomic E-state index is -0.340. The van der Waals surface area contributed by atoms with E-state index in [0.29, 0.717) is 51.2 Å². The molecule has 1 aromatic carbocycles. The lowest BCUT2D eigenvalue weighted by Gasteiger charge is -2.44. The summed E-state index contributed by atoms with van der Waals surface area (Å²) >= 11 is 0. The topological polar surface area (TPSA) is 92.8 Å². The third-order valence-electron chi connectivity index (χ3n) is 7.24. The van der Waals surface area contributed by atoms with Gasteiger partial charge < -0.3 is 9.30 Å². The molecule has 6 heterocycles. The van der Waals surface area contributed by atoms with Crippen molar-refractivity contribution in [2.45, 2.75) is 39.3 Å². The Bertz CT molecular complexity index is 1500. The molecule has 182 valence electrons. The van der Waals surface area contributed by atoms with Crippen LogP contribution in [0, 0.1) is 36.9 Å². The van der Waals surface area contributed by atoms with Crippen LogP contribution in [0.3, 0.4) is 0 Å². The standard InChI is InChI=1S/C27H26FN7O/c1-16-25-27(32-17(2)31-16)35(26(33-25)21-9-18(11-29)12-30-13-21)14-20-3-4-22(10-23(20)28)36-24-15-34-7-5-19(24)6-8-34/h3-4,9-10,12-13,19,24H,5-8,14-15H2,1-2H3/t24-/m1/s1. The Balaban J connectivity index is 1.36. The molecule has 3 fully saturated rings. The van der Waals surface area contributed by atoms with Gasteiger partial charge in [0.25, 0.3) is 0 Å². The Labute approximate surface area is 208 Å². The molecule has 9 heteroatoms. The van der Waals surface area contributed by atoms with Crippen molar-refractivity contribution in [3.63, 3.8) is 0 Å². The summed E-state index contributed by atoms with van der Waals surface area (Å²) in [4.78, 5) is 20.4. The molecular weight excluding hydrogens is 457 g/mol. The molecule has 0 saturated carbocycles. The maximum Gasteiger partial charge on any atom is 0.164 e. The van der Waals surface area contributed by atoms with Crippen LogP contribution in [-0.2, 0) is 6.54 Å². The number of rotatable bonds is 5. The molecular formula is C27H26FN7O. The predicted octanol–water partition coefficient (Wildman–Crippen LogP) is 4.04. The highest BCUT2D eigenvalue weighted by Crippen LogP contribution is 2.32. The van der Waals surface area contributed by atoms with Gasteiger partial charge in [0.1, 0.15) is 40.9 Å². The minimum absolute atomic E-state index is 0.115. The van der Waals surface area contributed by atoms with Crippen LogP contribution in [0.1, 0.15) is 35.5 Å². The summed E-state index contributed by atoms with van der Waals surface area (Å²) in [6.45, 7) is 7.09. The van der Waals surface area contributed by atoms with Crippen LogP contribution in [0.2, 0.25) is 0 Å². The van der Waals surface area contributed by atoms with Gasteiger partial charge in [0, 0.05) is 36.1 Å². The number of pyridine rings is 1. The second-order valence-electron chi connectivity index (χ2n) is 9.67. The number of ether oxygens (including phenoxy) is 1. The highest BCUT2D eigenvalue weighted by atomic mass is 19.1. The van der Waals surface area contributed by atoms with Gasteiger partial charge in [-0.1, -0.05) is 6.07 Å². The average molecular weight is 484 g/mol. The van der Waals surface area contributed by atoms with E-state index in [1.165, 1.54) is 12.3 Å². The number of nitrogens with zero attached hydrogens (tertiary/aromatic N) is 7. The lowest BCUT2D eigenvalue weighted by molar-refractivity contribution is -0.00789. The quantitative estimate of drug-likeness (QED) is 0.423. The molecule has 1 atom stereocenters. The van der Waals surface area contributed by atoms with Crippen molar-refractivity contribution in [2.75, 3.05) is 19.6 Å². The van der Waals surface area contributed by atoms with E-state index in [2.05, 4.69) is 25.9 Å². The molecule has 2 bridgehead atoms. The van der Waals surface area contributed by atoms with E-state index in [1.807, 2.05) is 24.5 Å². The summed E-state index contributed by atoms with van der Waals surface area (Å²) in [7, 11) is 0. The lowest BCUT2D eigenvalue weighted by Crippen LogP contribution is -2.52. The lowest BCUT2D eigenvalue weighted by atomic mass is 9.86. The van der Waals surface area contributed by atoms with Crippen LogP contribution in [0.5, 0.6) is 5.75 Å². The largest absolute Gasteiger partial charge is 0.489 e. The molecule has 4 aromatic rings. The van der Waals surface area contributed by atoms with E-state index in [0.717, 1.165) is 38.2 Å². The molecule has 3 aromatic heterocycles. The number of halogens is 1. The van der Waals surface area contributed by atoms with Gasteiger partial charge in [-0.15, -0.1) is 0 Å². The highest BCUT2D eigenvalue weighted by Gasteiger charge is 2.35. The number of aromatic nitrogens is 5. The van der Waals surface area contributed by atoms with Gasteiger partial charge in [0.05, 0.1) is 17.8 Å². The van der Waals surface area contributed by atoms with E-state index < -0.39 is 0 Å². The third-order valence-corrected chi connectivity index (χ3v) is 7.24. The SMILES string of the molecule is Cc1nc(C)c2nc(-c3cncc(C#N)c3)n(Cc3ccc(O[C@@H]4CN5CCC4CC5)cc3F)c2n1. The summed E-state index contributed by atoms with van der Waals surface area (Å²) in [5.41, 5.74) is 3.57. The first kappa shape index (κ1) is 22.6. The van der Waals surface area contributed by atoms with E-state index in [1.54, 1.807) is 18.3 Å². The fraction of sp³-hybridized carbons (Fsp3) is 0.370. The first-order valence-corrected chi connectivity index (χ1v) is 12.2. The van der Waals surface area contributed by atoms with Crippen LogP contribution < -0.4 is 4.74 Å². The molecule has 0 N–H and O–H groups in total. The second-order valence-corrected chi connectivity index (χ2v) is 9.67. The van der Waals surface area contributed by atoms with E-state index in [4.69, 9.17) is 9.72 Å². The van der Waals surface area contributed by atoms with E-state index in [9.17, 15) is 5.26 Å². The Kier molecular flexibility index (Phi) is 5.61. The van der Waals surface area contributed by atoms with Crippen molar-refractivity contribution in [1.29, 1.82) is 5.26 Å². The number of piperidine rings is 3. The van der Waals surface area contributed by atoms with Gasteiger partial charge >= 0.3 is 0 Å². The Morgan fingerprint density at radius 3 is 2.67 bits per heavy atom. The molecule has 0 aliphatic carbocycles. The molecule has 8 nitrogen and oxygen atoms in total. The maximum absolute atomic E-state index is 15.4. The van der Waals surface area contributed by atoms with Gasteiger partial charge in [0.15, 0.2) is 5.65 Å². The third kappa shape index (κ3) is 4.07. The molecule has 0 spiro atoms. The van der Waals surface area contributed by atoms with Crippen molar-refractivity contribution < 1.29 is 9.13 Å². The van der Waals surface area contributed by atoms with Crippen LogP contribution in [0.4, 0.5) is 4.39 Å². The normalized spacial score (nSPS) is 21.0. The summed E-state index contributed by atoms with van der Waals surface area (Å²) in [6.07, 6.45) is 5.55. The zero-order valence-electron chi connectivity index (χ0n) is 20.3. The van der Waals surface area contributed by atoms with Crippen molar-refractivity contribution in [3.8, 4) is 23.2 Å². The number of nitriles is 1. The van der Waals surface area contributed by atoms with Crippen LogP contribution >= 0.6 is 0 Å². The Hall–Kier alpha value is -3.90. The number of imidazole rings is 1. The predicted molar refractivity (Wildman–Crippen MR) is 132 cm³/mol. The minimum Gasteiger partial charge on any atom is -0.489 e. The first-order chi connectivity index (χ1) is 17.5. The maximum atomic E-state index is 15.4. The zero-order chi connectivity index (χ0) is 24.8. The smallest absolute Gasteiger partial charge is 0.164 e. The van der Waals surface area contributed by atoms with Crippen LogP contribution in [0.15, 0.2) is 36.7 Å². The van der Waals surface area contributed by atoms with Gasteiger partial charge in [-0.25, -0.2) is 19.3 Å². The zero-order valence-corrected chi connectivity index (χ0v) is 20.3. The fourth-order valence-electron chi connectivity index (χ4n) is 5.39. The van der Waals surface area contributed by atoms with Gasteiger partial charge in [-0.2, -0.15) is 5.26 Å². The van der Waals surface area contributed by atoms with Crippen molar-refractivity contribution in [2.24, 2.45) is 5.92 Å². The average Bonchev–Trinajstić information content (AvgIpc) is 3.25.